The lowest BCUT2D eigenvalue weighted by molar-refractivity contribution is 0.813. The molecule has 0 unspecified atom stereocenters. The van der Waals surface area contributed by atoms with Gasteiger partial charge in [-0.25, -0.2) is 4.99 Å². The lowest BCUT2D eigenvalue weighted by Crippen LogP contribution is -2.14. The van der Waals surface area contributed by atoms with Gasteiger partial charge in [0.2, 0.25) is 0 Å². The van der Waals surface area contributed by atoms with Crippen LogP contribution >= 0.6 is 35.0 Å². The molecule has 3 aromatic carbocycles. The van der Waals surface area contributed by atoms with Crippen molar-refractivity contribution in [2.24, 2.45) is 4.99 Å². The summed E-state index contributed by atoms with van der Waals surface area (Å²) in [5.74, 6) is 0. The molecule has 0 heterocycles. The maximum Gasteiger partial charge on any atom is 0.174 e. The second-order valence-corrected chi connectivity index (χ2v) is 8.26. The predicted molar refractivity (Wildman–Crippen MR) is 126 cm³/mol. The fraction of sp³-hybridized carbons (Fsp3) is 0.0417. The number of nitrogens with zero attached hydrogens (tertiary/aromatic N) is 3. The van der Waals surface area contributed by atoms with Crippen molar-refractivity contribution in [1.82, 2.24) is 5.32 Å². The Hall–Kier alpha value is -3.22. The number of halogens is 2. The maximum absolute atomic E-state index is 9.54. The first-order valence-corrected chi connectivity index (χ1v) is 10.8. The summed E-state index contributed by atoms with van der Waals surface area (Å²) in [5.41, 5.74) is 1.90. The van der Waals surface area contributed by atoms with E-state index >= 15 is 0 Å². The Labute approximate surface area is 195 Å². The highest BCUT2D eigenvalue weighted by molar-refractivity contribution is 7.99. The van der Waals surface area contributed by atoms with Crippen LogP contribution in [0.25, 0.3) is 0 Å². The molecule has 0 radical (unpaired) electrons. The number of nitrogens with one attached hydrogen (secondary N) is 1. The first kappa shape index (κ1) is 22.5. The smallest absolute Gasteiger partial charge is 0.174 e. The number of aliphatic imine (C=N–C) groups is 1. The minimum atomic E-state index is 0.0142. The highest BCUT2D eigenvalue weighted by atomic mass is 35.5. The molecule has 7 heteroatoms. The molecule has 0 aliphatic carbocycles. The van der Waals surface area contributed by atoms with E-state index in [1.807, 2.05) is 60.7 Å². The Bertz CT molecular complexity index is 1190. The van der Waals surface area contributed by atoms with E-state index in [9.17, 15) is 10.5 Å². The van der Waals surface area contributed by atoms with E-state index < -0.39 is 0 Å². The molecule has 0 spiro atoms. The Morgan fingerprint density at radius 3 is 2.19 bits per heavy atom. The summed E-state index contributed by atoms with van der Waals surface area (Å²) in [6, 6.07) is 26.5. The summed E-state index contributed by atoms with van der Waals surface area (Å²) in [6.07, 6.45) is 1.53. The van der Waals surface area contributed by atoms with E-state index in [-0.39, 0.29) is 11.4 Å². The van der Waals surface area contributed by atoms with Gasteiger partial charge in [-0.1, -0.05) is 65.3 Å². The van der Waals surface area contributed by atoms with Crippen molar-refractivity contribution in [3.05, 3.63) is 105 Å². The summed E-state index contributed by atoms with van der Waals surface area (Å²) in [6.45, 7) is 0.376. The fourth-order valence-electron chi connectivity index (χ4n) is 2.58. The van der Waals surface area contributed by atoms with E-state index in [0.717, 1.165) is 20.9 Å². The van der Waals surface area contributed by atoms with Gasteiger partial charge < -0.3 is 5.32 Å². The lowest BCUT2D eigenvalue weighted by atomic mass is 10.2. The second-order valence-electron chi connectivity index (χ2n) is 6.27. The summed E-state index contributed by atoms with van der Waals surface area (Å²) in [7, 11) is 0. The Balaban J connectivity index is 1.76. The van der Waals surface area contributed by atoms with E-state index in [1.165, 1.54) is 6.21 Å². The zero-order valence-electron chi connectivity index (χ0n) is 16.2. The predicted octanol–water partition coefficient (Wildman–Crippen LogP) is 6.61. The molecule has 0 bridgehead atoms. The summed E-state index contributed by atoms with van der Waals surface area (Å²) in [4.78, 5) is 6.27. The number of nitriles is 2. The zero-order valence-corrected chi connectivity index (χ0v) is 18.5. The SMILES string of the molecule is N#C/C(N=Cc1ccc(Cl)cc1)=C(\C#N)NCc1ccccc1Sc1ccc(Cl)cc1. The third-order valence-electron chi connectivity index (χ3n) is 4.14. The molecule has 0 aliphatic rings. The van der Waals surface area contributed by atoms with Crippen LogP contribution < -0.4 is 5.32 Å². The van der Waals surface area contributed by atoms with Gasteiger partial charge in [0.15, 0.2) is 11.4 Å². The third kappa shape index (κ3) is 6.64. The van der Waals surface area contributed by atoms with Crippen LogP contribution in [0, 0.1) is 22.7 Å². The molecule has 0 saturated heterocycles. The lowest BCUT2D eigenvalue weighted by Gasteiger charge is -2.11. The van der Waals surface area contributed by atoms with Gasteiger partial charge in [-0.05, 0) is 53.6 Å². The topological polar surface area (TPSA) is 72.0 Å². The van der Waals surface area contributed by atoms with Gasteiger partial charge >= 0.3 is 0 Å². The van der Waals surface area contributed by atoms with Crippen LogP contribution in [-0.4, -0.2) is 6.21 Å². The largest absolute Gasteiger partial charge is 0.370 e. The molecule has 0 fully saturated rings. The number of benzene rings is 3. The summed E-state index contributed by atoms with van der Waals surface area (Å²) >= 11 is 13.4. The number of allylic oxidation sites excluding steroid dienone is 2. The number of hydrogen-bond donors (Lipinski definition) is 1. The van der Waals surface area contributed by atoms with Crippen LogP contribution in [0.3, 0.4) is 0 Å². The van der Waals surface area contributed by atoms with E-state index in [0.29, 0.717) is 16.6 Å². The highest BCUT2D eigenvalue weighted by Crippen LogP contribution is 2.31. The van der Waals surface area contributed by atoms with Crippen molar-refractivity contribution in [2.75, 3.05) is 0 Å². The maximum atomic E-state index is 9.54. The monoisotopic (exact) mass is 462 g/mol. The molecular formula is C24H16Cl2N4S. The van der Waals surface area contributed by atoms with Crippen LogP contribution in [-0.2, 0) is 6.54 Å². The van der Waals surface area contributed by atoms with Crippen molar-refractivity contribution in [2.45, 2.75) is 16.3 Å². The van der Waals surface area contributed by atoms with Crippen molar-refractivity contribution in [3.63, 3.8) is 0 Å². The number of rotatable bonds is 7. The molecule has 0 amide bonds. The Morgan fingerprint density at radius 2 is 1.55 bits per heavy atom. The van der Waals surface area contributed by atoms with E-state index in [2.05, 4.69) is 10.3 Å². The van der Waals surface area contributed by atoms with Crippen LogP contribution in [0.2, 0.25) is 10.0 Å². The standard InChI is InChI=1S/C24H16Cl2N4S/c25-19-7-5-17(6-8-19)15-29-22(13-27)23(14-28)30-16-18-3-1-2-4-24(18)31-21-11-9-20(26)10-12-21/h1-12,15,30H,16H2/b23-22-,29-15?. The van der Waals surface area contributed by atoms with Gasteiger partial charge in [-0.2, -0.15) is 10.5 Å². The first-order valence-electron chi connectivity index (χ1n) is 9.18. The Kier molecular flexibility index (Phi) is 8.15. The molecule has 4 nitrogen and oxygen atoms in total. The minimum Gasteiger partial charge on any atom is -0.370 e. The van der Waals surface area contributed by atoms with Gasteiger partial charge in [0.05, 0.1) is 0 Å². The minimum absolute atomic E-state index is 0.0142. The fourth-order valence-corrected chi connectivity index (χ4v) is 3.77. The molecule has 0 aliphatic heterocycles. The van der Waals surface area contributed by atoms with Crippen LogP contribution in [0.5, 0.6) is 0 Å². The van der Waals surface area contributed by atoms with E-state index in [1.54, 1.807) is 36.0 Å². The molecule has 0 aromatic heterocycles. The van der Waals surface area contributed by atoms with Crippen LogP contribution in [0.4, 0.5) is 0 Å². The van der Waals surface area contributed by atoms with Crippen molar-refractivity contribution in [3.8, 4) is 12.1 Å². The van der Waals surface area contributed by atoms with Gasteiger partial charge in [0, 0.05) is 32.6 Å². The number of hydrogen-bond acceptors (Lipinski definition) is 5. The molecular weight excluding hydrogens is 447 g/mol. The van der Waals surface area contributed by atoms with Gasteiger partial charge in [-0.15, -0.1) is 0 Å². The summed E-state index contributed by atoms with van der Waals surface area (Å²) in [5, 5.41) is 23.4. The average Bonchev–Trinajstić information content (AvgIpc) is 2.79. The Morgan fingerprint density at radius 1 is 0.903 bits per heavy atom. The third-order valence-corrected chi connectivity index (χ3v) is 5.77. The van der Waals surface area contributed by atoms with Gasteiger partial charge in [0.1, 0.15) is 12.1 Å². The van der Waals surface area contributed by atoms with Crippen molar-refractivity contribution < 1.29 is 0 Å². The summed E-state index contributed by atoms with van der Waals surface area (Å²) < 4.78 is 0. The molecule has 0 atom stereocenters. The van der Waals surface area contributed by atoms with E-state index in [4.69, 9.17) is 23.2 Å². The van der Waals surface area contributed by atoms with Gasteiger partial charge in [0.25, 0.3) is 0 Å². The van der Waals surface area contributed by atoms with Crippen molar-refractivity contribution >= 4 is 41.2 Å². The zero-order chi connectivity index (χ0) is 22.1. The molecule has 1 N–H and O–H groups in total. The normalized spacial score (nSPS) is 11.5. The molecule has 0 saturated carbocycles. The van der Waals surface area contributed by atoms with Crippen molar-refractivity contribution in [1.29, 1.82) is 10.5 Å². The average molecular weight is 463 g/mol. The first-order chi connectivity index (χ1) is 15.1. The van der Waals surface area contributed by atoms with Crippen LogP contribution in [0.1, 0.15) is 11.1 Å². The van der Waals surface area contributed by atoms with Gasteiger partial charge in [-0.3, -0.25) is 0 Å². The quantitative estimate of drug-likeness (QED) is 0.316. The molecule has 31 heavy (non-hydrogen) atoms. The molecule has 3 aromatic rings. The highest BCUT2D eigenvalue weighted by Gasteiger charge is 2.08. The second kappa shape index (κ2) is 11.2. The molecule has 152 valence electrons. The molecule has 3 rings (SSSR count). The van der Waals surface area contributed by atoms with Crippen LogP contribution in [0.15, 0.2) is 99.0 Å².